The number of hydrogen-bond acceptors (Lipinski definition) is 4. The van der Waals surface area contributed by atoms with Gasteiger partial charge in [0.25, 0.3) is 0 Å². The first-order chi connectivity index (χ1) is 11.7. The van der Waals surface area contributed by atoms with Crippen LogP contribution < -0.4 is 5.73 Å². The molecule has 24 heavy (non-hydrogen) atoms. The van der Waals surface area contributed by atoms with Crippen molar-refractivity contribution in [2.45, 2.75) is 38.2 Å². The molecule has 0 saturated heterocycles. The van der Waals surface area contributed by atoms with Gasteiger partial charge in [-0.05, 0) is 48.8 Å². The van der Waals surface area contributed by atoms with E-state index < -0.39 is 0 Å². The van der Waals surface area contributed by atoms with Crippen LogP contribution in [-0.2, 0) is 6.61 Å². The number of fused-ring (bicyclic) bond motifs is 1. The second kappa shape index (κ2) is 5.05. The second-order valence-corrected chi connectivity index (χ2v) is 6.83. The van der Waals surface area contributed by atoms with Gasteiger partial charge in [-0.25, -0.2) is 4.98 Å². The standard InChI is InChI=1S/C19H19N4O/c20-19-22-17(15-8-16(11-3-4-11)21-18(15)23-19)14-6-5-12(10-1-2-10)7-13(14)9-24/h5-8,11,24H,1-4,9H2,(H3,20,21,22,23). The highest BCUT2D eigenvalue weighted by Crippen LogP contribution is 2.43. The van der Waals surface area contributed by atoms with Crippen LogP contribution in [-0.4, -0.2) is 20.1 Å². The number of nitrogens with one attached hydrogen (secondary N) is 1. The maximum atomic E-state index is 9.86. The van der Waals surface area contributed by atoms with Crippen LogP contribution in [0.4, 0.5) is 5.95 Å². The monoisotopic (exact) mass is 319 g/mol. The minimum atomic E-state index is -0.0121. The van der Waals surface area contributed by atoms with Crippen LogP contribution in [0.3, 0.4) is 0 Å². The molecule has 5 nitrogen and oxygen atoms in total. The van der Waals surface area contributed by atoms with Gasteiger partial charge in [0.05, 0.1) is 12.3 Å². The Balaban J connectivity index is 1.70. The molecule has 2 heterocycles. The Labute approximate surface area is 139 Å². The Morgan fingerprint density at radius 3 is 2.71 bits per heavy atom. The summed E-state index contributed by atoms with van der Waals surface area (Å²) < 4.78 is 0. The molecule has 2 aromatic heterocycles. The van der Waals surface area contributed by atoms with Crippen LogP contribution in [0.1, 0.15) is 48.4 Å². The Hall–Kier alpha value is -2.40. The maximum absolute atomic E-state index is 9.86. The lowest BCUT2D eigenvalue weighted by molar-refractivity contribution is 0.282. The summed E-state index contributed by atoms with van der Waals surface area (Å²) in [5.74, 6) is 2.33. The molecule has 2 fully saturated rings. The lowest BCUT2D eigenvalue weighted by Crippen LogP contribution is -2.00. The average Bonchev–Trinajstić information content (AvgIpc) is 3.50. The van der Waals surface area contributed by atoms with Crippen molar-refractivity contribution in [1.82, 2.24) is 15.0 Å². The number of hydrogen-bond donors (Lipinski definition) is 3. The van der Waals surface area contributed by atoms with Crippen LogP contribution >= 0.6 is 0 Å². The SMILES string of the molecule is Nc1nc(-c2ccc([C]3CC3)cc2CO)c2cc(C3CC3)[nH]c2n1. The third-order valence-corrected chi connectivity index (χ3v) is 4.98. The fourth-order valence-corrected chi connectivity index (χ4v) is 3.39. The van der Waals surface area contributed by atoms with Crippen molar-refractivity contribution < 1.29 is 5.11 Å². The topological polar surface area (TPSA) is 87.8 Å². The van der Waals surface area contributed by atoms with E-state index in [-0.39, 0.29) is 12.6 Å². The van der Waals surface area contributed by atoms with Gasteiger partial charge in [-0.15, -0.1) is 0 Å². The van der Waals surface area contributed by atoms with Gasteiger partial charge >= 0.3 is 0 Å². The van der Waals surface area contributed by atoms with E-state index in [2.05, 4.69) is 39.2 Å². The average molecular weight is 319 g/mol. The number of nitrogens with zero attached hydrogens (tertiary/aromatic N) is 2. The first kappa shape index (κ1) is 14.0. The van der Waals surface area contributed by atoms with Gasteiger partial charge in [0.15, 0.2) is 0 Å². The third kappa shape index (κ3) is 2.27. The van der Waals surface area contributed by atoms with Crippen LogP contribution in [0.5, 0.6) is 0 Å². The predicted molar refractivity (Wildman–Crippen MR) is 93.2 cm³/mol. The number of aliphatic hydroxyl groups is 1. The minimum absolute atomic E-state index is 0.0121. The van der Waals surface area contributed by atoms with E-state index in [4.69, 9.17) is 5.73 Å². The molecule has 0 unspecified atom stereocenters. The summed E-state index contributed by atoms with van der Waals surface area (Å²) >= 11 is 0. The van der Waals surface area contributed by atoms with Crippen molar-refractivity contribution in [2.75, 3.05) is 5.73 Å². The number of aliphatic hydroxyl groups excluding tert-OH is 1. The summed E-state index contributed by atoms with van der Waals surface area (Å²) in [7, 11) is 0. The largest absolute Gasteiger partial charge is 0.392 e. The lowest BCUT2D eigenvalue weighted by Gasteiger charge is -2.10. The van der Waals surface area contributed by atoms with E-state index in [1.165, 1.54) is 30.0 Å². The molecule has 2 aliphatic rings. The van der Waals surface area contributed by atoms with E-state index in [0.717, 1.165) is 40.7 Å². The van der Waals surface area contributed by atoms with Gasteiger partial charge in [0.2, 0.25) is 5.95 Å². The molecule has 1 aromatic carbocycles. The zero-order chi connectivity index (χ0) is 16.3. The molecule has 121 valence electrons. The summed E-state index contributed by atoms with van der Waals surface area (Å²) in [5, 5.41) is 10.8. The molecule has 0 aliphatic heterocycles. The molecule has 2 saturated carbocycles. The van der Waals surface area contributed by atoms with Crippen molar-refractivity contribution in [1.29, 1.82) is 0 Å². The molecule has 3 aromatic rings. The highest BCUT2D eigenvalue weighted by molar-refractivity contribution is 5.93. The van der Waals surface area contributed by atoms with Crippen molar-refractivity contribution in [3.05, 3.63) is 47.0 Å². The summed E-state index contributed by atoms with van der Waals surface area (Å²) in [4.78, 5) is 12.2. The van der Waals surface area contributed by atoms with Crippen LogP contribution in [0, 0.1) is 5.92 Å². The number of nitrogens with two attached hydrogens (primary N) is 1. The number of aromatic amines is 1. The van der Waals surface area contributed by atoms with Crippen molar-refractivity contribution >= 4 is 17.0 Å². The van der Waals surface area contributed by atoms with Crippen LogP contribution in [0.15, 0.2) is 24.3 Å². The predicted octanol–water partition coefficient (Wildman–Crippen LogP) is 3.29. The van der Waals surface area contributed by atoms with Gasteiger partial charge in [-0.2, -0.15) is 4.98 Å². The molecular weight excluding hydrogens is 300 g/mol. The number of benzene rings is 1. The molecule has 0 atom stereocenters. The first-order valence-electron chi connectivity index (χ1n) is 8.48. The van der Waals surface area contributed by atoms with Gasteiger partial charge in [-0.3, -0.25) is 0 Å². The summed E-state index contributed by atoms with van der Waals surface area (Å²) in [6, 6.07) is 8.40. The second-order valence-electron chi connectivity index (χ2n) is 6.83. The Kier molecular flexibility index (Phi) is 2.94. The summed E-state index contributed by atoms with van der Waals surface area (Å²) in [6.07, 6.45) is 4.77. The number of anilines is 1. The first-order valence-corrected chi connectivity index (χ1v) is 8.48. The van der Waals surface area contributed by atoms with Gasteiger partial charge in [0, 0.05) is 22.6 Å². The zero-order valence-electron chi connectivity index (χ0n) is 13.3. The van der Waals surface area contributed by atoms with Gasteiger partial charge < -0.3 is 15.8 Å². The molecule has 5 rings (SSSR count). The van der Waals surface area contributed by atoms with E-state index in [1.54, 1.807) is 0 Å². The highest BCUT2D eigenvalue weighted by atomic mass is 16.3. The molecule has 4 N–H and O–H groups in total. The van der Waals surface area contributed by atoms with Gasteiger partial charge in [0.1, 0.15) is 5.65 Å². The Morgan fingerprint density at radius 2 is 2.00 bits per heavy atom. The smallest absolute Gasteiger partial charge is 0.222 e. The minimum Gasteiger partial charge on any atom is -0.392 e. The number of rotatable bonds is 4. The molecule has 0 bridgehead atoms. The Bertz CT molecular complexity index is 938. The van der Waals surface area contributed by atoms with E-state index >= 15 is 0 Å². The summed E-state index contributed by atoms with van der Waals surface area (Å²) in [5.41, 5.74) is 11.8. The number of nitrogen functional groups attached to an aromatic ring is 1. The maximum Gasteiger partial charge on any atom is 0.222 e. The lowest BCUT2D eigenvalue weighted by atomic mass is 9.98. The fraction of sp³-hybridized carbons (Fsp3) is 0.316. The fourth-order valence-electron chi connectivity index (χ4n) is 3.39. The molecular formula is C19H19N4O. The van der Waals surface area contributed by atoms with E-state index in [0.29, 0.717) is 5.92 Å². The molecule has 1 radical (unpaired) electrons. The molecule has 0 spiro atoms. The number of aromatic nitrogens is 3. The van der Waals surface area contributed by atoms with Crippen molar-refractivity contribution in [3.8, 4) is 11.3 Å². The summed E-state index contributed by atoms with van der Waals surface area (Å²) in [6.45, 7) is -0.0121. The quantitative estimate of drug-likeness (QED) is 0.688. The van der Waals surface area contributed by atoms with Crippen molar-refractivity contribution in [2.24, 2.45) is 0 Å². The van der Waals surface area contributed by atoms with Crippen LogP contribution in [0.25, 0.3) is 22.3 Å². The van der Waals surface area contributed by atoms with E-state index in [9.17, 15) is 5.11 Å². The van der Waals surface area contributed by atoms with Gasteiger partial charge in [-0.1, -0.05) is 18.2 Å². The molecule has 5 heteroatoms. The Morgan fingerprint density at radius 1 is 1.17 bits per heavy atom. The number of H-pyrrole nitrogens is 1. The molecule has 0 amide bonds. The highest BCUT2D eigenvalue weighted by Gasteiger charge is 2.27. The molecule has 2 aliphatic carbocycles. The third-order valence-electron chi connectivity index (χ3n) is 4.98. The van der Waals surface area contributed by atoms with Crippen molar-refractivity contribution in [3.63, 3.8) is 0 Å². The zero-order valence-corrected chi connectivity index (χ0v) is 13.3. The normalized spacial score (nSPS) is 17.5. The van der Waals surface area contributed by atoms with Crippen LogP contribution in [0.2, 0.25) is 0 Å². The van der Waals surface area contributed by atoms with E-state index in [1.807, 2.05) is 0 Å².